The van der Waals surface area contributed by atoms with Gasteiger partial charge in [-0.3, -0.25) is 9.69 Å². The van der Waals surface area contributed by atoms with Gasteiger partial charge in [0.05, 0.1) is 0 Å². The third kappa shape index (κ3) is 2.83. The van der Waals surface area contributed by atoms with Gasteiger partial charge in [0.1, 0.15) is 5.66 Å². The molecule has 1 aromatic carbocycles. The molecule has 0 bridgehead atoms. The van der Waals surface area contributed by atoms with Crippen LogP contribution < -0.4 is 21.7 Å². The quantitative estimate of drug-likeness (QED) is 0.756. The minimum absolute atomic E-state index is 0.107. The molecule has 1 amide bonds. The van der Waals surface area contributed by atoms with E-state index in [9.17, 15) is 4.79 Å². The highest BCUT2D eigenvalue weighted by Gasteiger charge is 2.42. The predicted octanol–water partition coefficient (Wildman–Crippen LogP) is 1.40. The van der Waals surface area contributed by atoms with Gasteiger partial charge in [0, 0.05) is 24.6 Å². The third-order valence-electron chi connectivity index (χ3n) is 5.43. The van der Waals surface area contributed by atoms with Crippen molar-refractivity contribution in [2.75, 3.05) is 11.4 Å². The number of guanidine groups is 2. The van der Waals surface area contributed by atoms with E-state index < -0.39 is 5.66 Å². The lowest BCUT2D eigenvalue weighted by Gasteiger charge is -2.45. The van der Waals surface area contributed by atoms with E-state index in [1.54, 1.807) is 0 Å². The van der Waals surface area contributed by atoms with Crippen molar-refractivity contribution in [1.82, 2.24) is 5.32 Å². The van der Waals surface area contributed by atoms with Gasteiger partial charge < -0.3 is 16.8 Å². The Kier molecular flexibility index (Phi) is 3.86. The summed E-state index contributed by atoms with van der Waals surface area (Å²) in [4.78, 5) is 22.5. The Balaban J connectivity index is 1.72. The summed E-state index contributed by atoms with van der Waals surface area (Å²) in [5.74, 6) is 0.964. The zero-order valence-electron chi connectivity index (χ0n) is 14.2. The first kappa shape index (κ1) is 15.9. The van der Waals surface area contributed by atoms with Gasteiger partial charge in [-0.1, -0.05) is 18.6 Å². The van der Waals surface area contributed by atoms with Gasteiger partial charge in [-0.25, -0.2) is 4.99 Å². The molecule has 7 nitrogen and oxygen atoms in total. The molecule has 0 radical (unpaired) electrons. The number of nitrogens with zero attached hydrogens (tertiary/aromatic N) is 3. The molecule has 0 aromatic heterocycles. The molecule has 7 heteroatoms. The smallest absolute Gasteiger partial charge is 0.220 e. The van der Waals surface area contributed by atoms with Gasteiger partial charge in [-0.15, -0.1) is 0 Å². The average molecular weight is 340 g/mol. The van der Waals surface area contributed by atoms with Crippen LogP contribution in [0.2, 0.25) is 0 Å². The van der Waals surface area contributed by atoms with Gasteiger partial charge in [0.2, 0.25) is 17.8 Å². The molecule has 5 N–H and O–H groups in total. The summed E-state index contributed by atoms with van der Waals surface area (Å²) >= 11 is 0. The van der Waals surface area contributed by atoms with Crippen molar-refractivity contribution < 1.29 is 4.79 Å². The van der Waals surface area contributed by atoms with Gasteiger partial charge in [0.15, 0.2) is 0 Å². The number of amides is 1. The molecule has 3 aliphatic rings. The maximum Gasteiger partial charge on any atom is 0.220 e. The van der Waals surface area contributed by atoms with Crippen LogP contribution in [0.15, 0.2) is 34.3 Å². The Bertz CT molecular complexity index is 750. The molecule has 2 heterocycles. The molecular weight excluding hydrogens is 316 g/mol. The highest BCUT2D eigenvalue weighted by atomic mass is 16.1. The Hall–Kier alpha value is -2.57. The highest BCUT2D eigenvalue weighted by molar-refractivity contribution is 6.05. The van der Waals surface area contributed by atoms with E-state index >= 15 is 0 Å². The van der Waals surface area contributed by atoms with Gasteiger partial charge >= 0.3 is 0 Å². The molecule has 2 fully saturated rings. The highest BCUT2D eigenvalue weighted by Crippen LogP contribution is 2.40. The number of benzene rings is 1. The number of carbonyl (C=O) groups excluding carboxylic acids is 1. The van der Waals surface area contributed by atoms with Crippen molar-refractivity contribution in [3.05, 3.63) is 29.8 Å². The molecule has 1 aromatic rings. The zero-order chi connectivity index (χ0) is 17.4. The molecular formula is C18H24N6O. The van der Waals surface area contributed by atoms with Crippen LogP contribution in [-0.2, 0) is 4.79 Å². The number of aliphatic imine (C=N–C) groups is 2. The van der Waals surface area contributed by atoms with Crippen LogP contribution in [0.5, 0.6) is 0 Å². The first-order chi connectivity index (χ1) is 12.1. The molecule has 1 aliphatic carbocycles. The lowest BCUT2D eigenvalue weighted by Crippen LogP contribution is -2.58. The summed E-state index contributed by atoms with van der Waals surface area (Å²) in [6.07, 6.45) is 5.76. The molecule has 132 valence electrons. The van der Waals surface area contributed by atoms with E-state index in [4.69, 9.17) is 16.5 Å². The minimum atomic E-state index is -0.434. The van der Waals surface area contributed by atoms with Crippen LogP contribution in [0.1, 0.15) is 50.0 Å². The summed E-state index contributed by atoms with van der Waals surface area (Å²) in [6, 6.07) is 8.22. The summed E-state index contributed by atoms with van der Waals surface area (Å²) in [6.45, 7) is 0.683. The van der Waals surface area contributed by atoms with Crippen molar-refractivity contribution in [2.45, 2.75) is 50.1 Å². The number of carbonyl (C=O) groups is 1. The van der Waals surface area contributed by atoms with Crippen LogP contribution >= 0.6 is 0 Å². The van der Waals surface area contributed by atoms with Crippen molar-refractivity contribution in [2.24, 2.45) is 21.5 Å². The molecule has 1 atom stereocenters. The van der Waals surface area contributed by atoms with Crippen LogP contribution in [0, 0.1) is 0 Å². The largest absolute Gasteiger partial charge is 0.369 e. The maximum atomic E-state index is 11.6. The summed E-state index contributed by atoms with van der Waals surface area (Å²) < 4.78 is 0. The lowest BCUT2D eigenvalue weighted by atomic mass is 9.87. The van der Waals surface area contributed by atoms with Gasteiger partial charge in [-0.05, 0) is 43.4 Å². The van der Waals surface area contributed by atoms with E-state index in [-0.39, 0.29) is 17.8 Å². The standard InChI is InChI=1S/C18H24N6O/c19-16-22-17(20)24(18(23-16)7-2-1-3-8-18)14-6-4-5-12(9-14)13-10-15(25)21-11-13/h4-6,9,13H,1-3,7-8,10-11H2,(H,21,25)(H4,19,20,22,23). The van der Waals surface area contributed by atoms with E-state index in [1.165, 1.54) is 6.42 Å². The fraction of sp³-hybridized carbons (Fsp3) is 0.500. The Morgan fingerprint density at radius 2 is 2.00 bits per heavy atom. The number of rotatable bonds is 2. The van der Waals surface area contributed by atoms with Crippen molar-refractivity contribution in [1.29, 1.82) is 0 Å². The molecule has 2 aliphatic heterocycles. The first-order valence-corrected chi connectivity index (χ1v) is 8.94. The Morgan fingerprint density at radius 1 is 1.20 bits per heavy atom. The minimum Gasteiger partial charge on any atom is -0.369 e. The van der Waals surface area contributed by atoms with E-state index in [2.05, 4.69) is 22.4 Å². The fourth-order valence-electron chi connectivity index (χ4n) is 4.25. The summed E-state index contributed by atoms with van der Waals surface area (Å²) in [5, 5.41) is 2.90. The zero-order valence-corrected chi connectivity index (χ0v) is 14.2. The molecule has 4 rings (SSSR count). The molecule has 25 heavy (non-hydrogen) atoms. The summed E-state index contributed by atoms with van der Waals surface area (Å²) in [5.41, 5.74) is 13.9. The van der Waals surface area contributed by atoms with Crippen molar-refractivity contribution >= 4 is 23.5 Å². The Labute approximate surface area is 147 Å². The van der Waals surface area contributed by atoms with Crippen LogP contribution in [0.4, 0.5) is 5.69 Å². The fourth-order valence-corrected chi connectivity index (χ4v) is 4.25. The maximum absolute atomic E-state index is 11.6. The predicted molar refractivity (Wildman–Crippen MR) is 98.3 cm³/mol. The number of anilines is 1. The first-order valence-electron chi connectivity index (χ1n) is 8.94. The van der Waals surface area contributed by atoms with Crippen molar-refractivity contribution in [3.8, 4) is 0 Å². The van der Waals surface area contributed by atoms with Gasteiger partial charge in [-0.2, -0.15) is 4.99 Å². The third-order valence-corrected chi connectivity index (χ3v) is 5.43. The monoisotopic (exact) mass is 340 g/mol. The lowest BCUT2D eigenvalue weighted by molar-refractivity contribution is -0.119. The summed E-state index contributed by atoms with van der Waals surface area (Å²) in [7, 11) is 0. The second kappa shape index (κ2) is 6.06. The second-order valence-corrected chi connectivity index (χ2v) is 7.12. The van der Waals surface area contributed by atoms with Crippen LogP contribution in [0.3, 0.4) is 0 Å². The molecule has 1 unspecified atom stereocenters. The number of hydrogen-bond acceptors (Lipinski definition) is 6. The molecule has 1 saturated carbocycles. The van der Waals surface area contributed by atoms with E-state index in [1.807, 2.05) is 17.0 Å². The SMILES string of the molecule is NC1=NC2(CCCCC2)N(c2cccc(C3CNC(=O)C3)c2)C(N)=N1. The van der Waals surface area contributed by atoms with Crippen LogP contribution in [-0.4, -0.2) is 30.0 Å². The topological polar surface area (TPSA) is 109 Å². The average Bonchev–Trinajstić information content (AvgIpc) is 3.01. The number of hydrogen-bond donors (Lipinski definition) is 3. The normalized spacial score (nSPS) is 25.5. The van der Waals surface area contributed by atoms with E-state index in [0.29, 0.717) is 18.9 Å². The second-order valence-electron chi connectivity index (χ2n) is 7.12. The Morgan fingerprint density at radius 3 is 2.72 bits per heavy atom. The number of nitrogens with two attached hydrogens (primary N) is 2. The van der Waals surface area contributed by atoms with Crippen LogP contribution in [0.25, 0.3) is 0 Å². The molecule has 1 saturated heterocycles. The van der Waals surface area contributed by atoms with Crippen molar-refractivity contribution in [3.63, 3.8) is 0 Å². The van der Waals surface area contributed by atoms with Gasteiger partial charge in [0.25, 0.3) is 0 Å². The molecule has 1 spiro atoms. The van der Waals surface area contributed by atoms with E-state index in [0.717, 1.165) is 36.9 Å². The number of nitrogens with one attached hydrogen (secondary N) is 1.